The van der Waals surface area contributed by atoms with Crippen molar-refractivity contribution in [2.45, 2.75) is 147 Å². The highest BCUT2D eigenvalue weighted by Crippen LogP contribution is 2.22. The van der Waals surface area contributed by atoms with Gasteiger partial charge < -0.3 is 39.4 Å². The number of aliphatic hydroxyl groups is 4. The van der Waals surface area contributed by atoms with E-state index in [2.05, 4.69) is 13.8 Å². The summed E-state index contributed by atoms with van der Waals surface area (Å²) in [5.74, 6) is -0.825. The molecule has 6 atom stereocenters. The van der Waals surface area contributed by atoms with Crippen molar-refractivity contribution in [3.8, 4) is 0 Å². The Balaban J connectivity index is 2.54. The van der Waals surface area contributed by atoms with Crippen LogP contribution in [0.15, 0.2) is 0 Å². The van der Waals surface area contributed by atoms with E-state index in [1.165, 1.54) is 25.7 Å². The van der Waals surface area contributed by atoms with Crippen molar-refractivity contribution in [1.29, 1.82) is 0 Å². The zero-order valence-corrected chi connectivity index (χ0v) is 23.4. The van der Waals surface area contributed by atoms with Gasteiger partial charge in [0, 0.05) is 12.8 Å². The summed E-state index contributed by atoms with van der Waals surface area (Å²) < 4.78 is 21.7. The van der Waals surface area contributed by atoms with Crippen LogP contribution in [0.3, 0.4) is 0 Å². The molecule has 4 N–H and O–H groups in total. The minimum Gasteiger partial charge on any atom is -0.462 e. The third-order valence-electron chi connectivity index (χ3n) is 6.74. The topological polar surface area (TPSA) is 152 Å². The first-order valence-electron chi connectivity index (χ1n) is 14.6. The first-order chi connectivity index (χ1) is 18.3. The van der Waals surface area contributed by atoms with Gasteiger partial charge in [-0.15, -0.1) is 0 Å². The average Bonchev–Trinajstić information content (AvgIpc) is 2.91. The van der Waals surface area contributed by atoms with Gasteiger partial charge in [0.15, 0.2) is 12.4 Å². The average molecular weight is 549 g/mol. The van der Waals surface area contributed by atoms with Crippen molar-refractivity contribution in [3.63, 3.8) is 0 Å². The molecule has 0 bridgehead atoms. The van der Waals surface area contributed by atoms with Gasteiger partial charge in [-0.2, -0.15) is 0 Å². The molecule has 0 spiro atoms. The second-order valence-electron chi connectivity index (χ2n) is 10.2. The molecule has 1 aliphatic heterocycles. The van der Waals surface area contributed by atoms with Crippen LogP contribution in [0.2, 0.25) is 0 Å². The molecule has 0 aromatic heterocycles. The smallest absolute Gasteiger partial charge is 0.306 e. The monoisotopic (exact) mass is 548 g/mol. The summed E-state index contributed by atoms with van der Waals surface area (Å²) in [6.45, 7) is 3.25. The van der Waals surface area contributed by atoms with E-state index in [4.69, 9.17) is 18.9 Å². The zero-order valence-electron chi connectivity index (χ0n) is 23.4. The number of rotatable bonds is 22. The molecule has 10 heteroatoms. The molecule has 0 radical (unpaired) electrons. The largest absolute Gasteiger partial charge is 0.462 e. The summed E-state index contributed by atoms with van der Waals surface area (Å²) in [5.41, 5.74) is 0. The minimum absolute atomic E-state index is 0.213. The molecule has 1 fully saturated rings. The predicted molar refractivity (Wildman–Crippen MR) is 141 cm³/mol. The normalized spacial score (nSPS) is 24.2. The second-order valence-corrected chi connectivity index (χ2v) is 10.2. The molecule has 0 aliphatic carbocycles. The Morgan fingerprint density at radius 3 is 1.79 bits per heavy atom. The van der Waals surface area contributed by atoms with Gasteiger partial charge in [-0.25, -0.2) is 0 Å². The van der Waals surface area contributed by atoms with Crippen molar-refractivity contribution in [2.75, 3.05) is 19.8 Å². The van der Waals surface area contributed by atoms with Gasteiger partial charge in [0.1, 0.15) is 31.0 Å². The SMILES string of the molecule is CCCCCCCCCC(=O)O[C@H](COC(=O)CCCCCCCC)CO[C@@H]1O[C@H](CO)[C@H](O)[C@H](O)[C@H]1O. The fraction of sp³-hybridized carbons (Fsp3) is 0.929. The van der Waals surface area contributed by atoms with Crippen molar-refractivity contribution >= 4 is 11.9 Å². The number of unbranched alkanes of at least 4 members (excludes halogenated alkanes) is 11. The third-order valence-corrected chi connectivity index (χ3v) is 6.74. The molecule has 1 rings (SSSR count). The quantitative estimate of drug-likeness (QED) is 0.117. The molecule has 0 aromatic rings. The second kappa shape index (κ2) is 21.5. The molecule has 0 amide bonds. The minimum atomic E-state index is -1.58. The van der Waals surface area contributed by atoms with Crippen LogP contribution >= 0.6 is 0 Å². The number of ether oxygens (including phenoxy) is 4. The van der Waals surface area contributed by atoms with Crippen LogP contribution in [0.4, 0.5) is 0 Å². The summed E-state index contributed by atoms with van der Waals surface area (Å²) >= 11 is 0. The molecule has 1 heterocycles. The van der Waals surface area contributed by atoms with Crippen LogP contribution in [0.1, 0.15) is 110 Å². The molecule has 0 aromatic carbocycles. The van der Waals surface area contributed by atoms with E-state index in [0.717, 1.165) is 51.4 Å². The van der Waals surface area contributed by atoms with Gasteiger partial charge in [-0.05, 0) is 12.8 Å². The van der Waals surface area contributed by atoms with Crippen molar-refractivity contribution < 1.29 is 49.0 Å². The van der Waals surface area contributed by atoms with Crippen LogP contribution in [0.25, 0.3) is 0 Å². The van der Waals surface area contributed by atoms with Crippen LogP contribution < -0.4 is 0 Å². The first-order valence-corrected chi connectivity index (χ1v) is 14.6. The van der Waals surface area contributed by atoms with Gasteiger partial charge in [0.05, 0.1) is 13.2 Å². The lowest BCUT2D eigenvalue weighted by Crippen LogP contribution is -2.59. The lowest BCUT2D eigenvalue weighted by molar-refractivity contribution is -0.305. The number of esters is 2. The van der Waals surface area contributed by atoms with Crippen LogP contribution in [-0.4, -0.2) is 89.0 Å². The predicted octanol–water partition coefficient (Wildman–Crippen LogP) is 3.15. The Kier molecular flexibility index (Phi) is 19.7. The molecule has 1 aliphatic rings. The lowest BCUT2D eigenvalue weighted by atomic mass is 9.99. The summed E-state index contributed by atoms with van der Waals surface area (Å²) in [6.07, 6.45) is 6.10. The Morgan fingerprint density at radius 1 is 0.711 bits per heavy atom. The summed E-state index contributed by atoms with van der Waals surface area (Å²) in [4.78, 5) is 24.6. The van der Waals surface area contributed by atoms with Crippen molar-refractivity contribution in [2.24, 2.45) is 0 Å². The Bertz CT molecular complexity index is 614. The van der Waals surface area contributed by atoms with Crippen molar-refractivity contribution in [3.05, 3.63) is 0 Å². The fourth-order valence-corrected chi connectivity index (χ4v) is 4.30. The third kappa shape index (κ3) is 14.7. The summed E-state index contributed by atoms with van der Waals surface area (Å²) in [6, 6.07) is 0. The van der Waals surface area contributed by atoms with E-state index in [1.54, 1.807) is 0 Å². The van der Waals surface area contributed by atoms with E-state index in [1.807, 2.05) is 0 Å². The molecular weight excluding hydrogens is 496 g/mol. The maximum Gasteiger partial charge on any atom is 0.306 e. The fourth-order valence-electron chi connectivity index (χ4n) is 4.30. The Hall–Kier alpha value is -1.30. The number of carbonyl (C=O) groups is 2. The van der Waals surface area contributed by atoms with E-state index in [0.29, 0.717) is 6.42 Å². The van der Waals surface area contributed by atoms with E-state index < -0.39 is 49.4 Å². The van der Waals surface area contributed by atoms with Crippen LogP contribution in [-0.2, 0) is 28.5 Å². The molecule has 38 heavy (non-hydrogen) atoms. The van der Waals surface area contributed by atoms with E-state index in [-0.39, 0.29) is 32.0 Å². The molecule has 0 saturated carbocycles. The van der Waals surface area contributed by atoms with Gasteiger partial charge in [-0.3, -0.25) is 9.59 Å². The highest BCUT2D eigenvalue weighted by Gasteiger charge is 2.44. The Morgan fingerprint density at radius 2 is 1.24 bits per heavy atom. The highest BCUT2D eigenvalue weighted by molar-refractivity contribution is 5.70. The number of aliphatic hydroxyl groups excluding tert-OH is 4. The van der Waals surface area contributed by atoms with Gasteiger partial charge in [0.25, 0.3) is 0 Å². The van der Waals surface area contributed by atoms with Gasteiger partial charge in [-0.1, -0.05) is 84.5 Å². The molecular formula is C28H52O10. The summed E-state index contributed by atoms with van der Waals surface area (Å²) in [5, 5.41) is 39.5. The number of hydrogen-bond acceptors (Lipinski definition) is 10. The Labute approximate surface area is 228 Å². The number of hydrogen-bond donors (Lipinski definition) is 4. The maximum atomic E-state index is 12.4. The van der Waals surface area contributed by atoms with Crippen LogP contribution in [0.5, 0.6) is 0 Å². The van der Waals surface area contributed by atoms with Gasteiger partial charge in [0.2, 0.25) is 0 Å². The number of carbonyl (C=O) groups excluding carboxylic acids is 2. The maximum absolute atomic E-state index is 12.4. The molecule has 224 valence electrons. The van der Waals surface area contributed by atoms with Crippen molar-refractivity contribution in [1.82, 2.24) is 0 Å². The van der Waals surface area contributed by atoms with E-state index >= 15 is 0 Å². The first kappa shape index (κ1) is 34.7. The van der Waals surface area contributed by atoms with Gasteiger partial charge >= 0.3 is 11.9 Å². The van der Waals surface area contributed by atoms with E-state index in [9.17, 15) is 30.0 Å². The molecule has 0 unspecified atom stereocenters. The molecule has 10 nitrogen and oxygen atoms in total. The van der Waals surface area contributed by atoms with Crippen LogP contribution in [0, 0.1) is 0 Å². The lowest BCUT2D eigenvalue weighted by Gasteiger charge is -2.39. The standard InChI is InChI=1S/C28H52O10/c1-3-5-7-9-11-13-15-17-24(31)37-21(19-35-23(30)16-14-12-10-8-6-4-2)20-36-28-27(34)26(33)25(32)22(18-29)38-28/h21-22,25-29,32-34H,3-20H2,1-2H3/t21-,22-,25+,26+,27-,28-/m1/s1. The summed E-state index contributed by atoms with van der Waals surface area (Å²) in [7, 11) is 0. The zero-order chi connectivity index (χ0) is 28.2. The molecule has 1 saturated heterocycles. The highest BCUT2D eigenvalue weighted by atomic mass is 16.7.